The Balaban J connectivity index is 2.14. The third kappa shape index (κ3) is 2.18. The van der Waals surface area contributed by atoms with E-state index < -0.39 is 0 Å². The van der Waals surface area contributed by atoms with Crippen molar-refractivity contribution < 1.29 is 4.79 Å². The summed E-state index contributed by atoms with van der Waals surface area (Å²) in [5.41, 5.74) is 2.45. The van der Waals surface area contributed by atoms with Gasteiger partial charge in [0.15, 0.2) is 0 Å². The van der Waals surface area contributed by atoms with Crippen LogP contribution in [-0.2, 0) is 0 Å². The van der Waals surface area contributed by atoms with Crippen LogP contribution in [-0.4, -0.2) is 24.0 Å². The molecule has 3 heteroatoms. The van der Waals surface area contributed by atoms with E-state index in [-0.39, 0.29) is 12.1 Å². The Hall–Kier alpha value is -1.51. The summed E-state index contributed by atoms with van der Waals surface area (Å²) in [5.74, 6) is 0. The molecule has 0 saturated carbocycles. The summed E-state index contributed by atoms with van der Waals surface area (Å²) in [6, 6.07) is 8.59. The summed E-state index contributed by atoms with van der Waals surface area (Å²) >= 11 is 0. The van der Waals surface area contributed by atoms with Gasteiger partial charge in [0, 0.05) is 13.1 Å². The van der Waals surface area contributed by atoms with Gasteiger partial charge in [-0.2, -0.15) is 0 Å². The largest absolute Gasteiger partial charge is 0.338 e. The van der Waals surface area contributed by atoms with Crippen LogP contribution in [0.3, 0.4) is 0 Å². The van der Waals surface area contributed by atoms with Crippen LogP contribution in [0.5, 0.6) is 0 Å². The van der Waals surface area contributed by atoms with Gasteiger partial charge in [0.1, 0.15) is 0 Å². The molecule has 1 fully saturated rings. The predicted molar refractivity (Wildman–Crippen MR) is 64.3 cm³/mol. The average Bonchev–Trinajstić information content (AvgIpc) is 2.30. The van der Waals surface area contributed by atoms with Crippen LogP contribution in [0.4, 0.5) is 4.79 Å². The lowest BCUT2D eigenvalue weighted by atomic mass is 10.0. The molecular formula is C13H18N2O. The van der Waals surface area contributed by atoms with Crippen LogP contribution in [0.2, 0.25) is 0 Å². The van der Waals surface area contributed by atoms with E-state index in [1.54, 1.807) is 0 Å². The van der Waals surface area contributed by atoms with Crippen molar-refractivity contribution >= 4 is 6.03 Å². The first-order valence-electron chi connectivity index (χ1n) is 5.79. The Bertz CT molecular complexity index is 372. The smallest absolute Gasteiger partial charge is 0.317 e. The van der Waals surface area contributed by atoms with Crippen molar-refractivity contribution in [2.75, 3.05) is 13.1 Å². The molecule has 3 nitrogen and oxygen atoms in total. The number of carbonyl (C=O) groups is 1. The van der Waals surface area contributed by atoms with Gasteiger partial charge in [0.05, 0.1) is 6.04 Å². The molecule has 16 heavy (non-hydrogen) atoms. The predicted octanol–water partition coefficient (Wildman–Crippen LogP) is 2.47. The monoisotopic (exact) mass is 218 g/mol. The lowest BCUT2D eigenvalue weighted by molar-refractivity contribution is 0.166. The fourth-order valence-corrected chi connectivity index (χ4v) is 2.04. The topological polar surface area (TPSA) is 32.3 Å². The van der Waals surface area contributed by atoms with Gasteiger partial charge >= 0.3 is 6.03 Å². The zero-order chi connectivity index (χ0) is 11.5. The van der Waals surface area contributed by atoms with E-state index in [9.17, 15) is 4.79 Å². The molecule has 86 valence electrons. The van der Waals surface area contributed by atoms with Crippen LogP contribution in [0.15, 0.2) is 24.3 Å². The number of hydrogen-bond donors (Lipinski definition) is 1. The van der Waals surface area contributed by atoms with Gasteiger partial charge in [-0.3, -0.25) is 0 Å². The number of amides is 2. The third-order valence-electron chi connectivity index (χ3n) is 3.14. The number of rotatable bonds is 2. The molecular weight excluding hydrogens is 200 g/mol. The Kier molecular flexibility index (Phi) is 3.13. The maximum atomic E-state index is 11.7. The number of benzene rings is 1. The lowest BCUT2D eigenvalue weighted by Crippen LogP contribution is -2.47. The third-order valence-corrected chi connectivity index (χ3v) is 3.14. The van der Waals surface area contributed by atoms with Crippen LogP contribution in [0, 0.1) is 6.92 Å². The first kappa shape index (κ1) is 11.0. The molecule has 1 aromatic rings. The van der Waals surface area contributed by atoms with Crippen molar-refractivity contribution in [2.45, 2.75) is 26.3 Å². The number of carbonyl (C=O) groups excluding carboxylic acids is 1. The Morgan fingerprint density at radius 2 is 2.00 bits per heavy atom. The van der Waals surface area contributed by atoms with Crippen molar-refractivity contribution in [2.24, 2.45) is 0 Å². The van der Waals surface area contributed by atoms with Gasteiger partial charge in [0.25, 0.3) is 0 Å². The van der Waals surface area contributed by atoms with E-state index in [0.717, 1.165) is 19.5 Å². The van der Waals surface area contributed by atoms with Gasteiger partial charge in [0.2, 0.25) is 0 Å². The van der Waals surface area contributed by atoms with E-state index in [4.69, 9.17) is 0 Å². The maximum Gasteiger partial charge on any atom is 0.317 e. The number of aryl methyl sites for hydroxylation is 1. The second kappa shape index (κ2) is 4.56. The highest BCUT2D eigenvalue weighted by atomic mass is 16.2. The Morgan fingerprint density at radius 1 is 1.31 bits per heavy atom. The fourth-order valence-electron chi connectivity index (χ4n) is 2.04. The number of nitrogens with one attached hydrogen (secondary N) is 1. The molecule has 1 heterocycles. The minimum absolute atomic E-state index is 0.0549. The summed E-state index contributed by atoms with van der Waals surface area (Å²) in [7, 11) is 0. The Labute approximate surface area is 96.5 Å². The summed E-state index contributed by atoms with van der Waals surface area (Å²) in [5, 5.41) is 2.88. The van der Waals surface area contributed by atoms with Crippen molar-refractivity contribution in [1.29, 1.82) is 0 Å². The van der Waals surface area contributed by atoms with E-state index >= 15 is 0 Å². The van der Waals surface area contributed by atoms with E-state index in [1.165, 1.54) is 11.1 Å². The molecule has 0 aromatic heterocycles. The van der Waals surface area contributed by atoms with Crippen LogP contribution in [0.1, 0.15) is 30.5 Å². The minimum Gasteiger partial charge on any atom is -0.338 e. The highest BCUT2D eigenvalue weighted by Crippen LogP contribution is 2.21. The number of urea groups is 1. The molecule has 1 unspecified atom stereocenters. The molecule has 1 atom stereocenters. The molecule has 0 radical (unpaired) electrons. The van der Waals surface area contributed by atoms with Gasteiger partial charge in [-0.25, -0.2) is 4.79 Å². The van der Waals surface area contributed by atoms with Gasteiger partial charge in [-0.05, 0) is 25.8 Å². The molecule has 1 aliphatic heterocycles. The number of hydrogen-bond acceptors (Lipinski definition) is 1. The molecule has 0 spiro atoms. The average molecular weight is 218 g/mol. The number of nitrogens with zero attached hydrogens (tertiary/aromatic N) is 1. The SMILES string of the molecule is Cc1ccc(C(C)N2CCCNC2=O)cc1. The molecule has 1 saturated heterocycles. The van der Waals surface area contributed by atoms with Crippen molar-refractivity contribution in [1.82, 2.24) is 10.2 Å². The van der Waals surface area contributed by atoms with E-state index in [0.29, 0.717) is 0 Å². The summed E-state index contributed by atoms with van der Waals surface area (Å²) in [6.07, 6.45) is 1.03. The zero-order valence-electron chi connectivity index (χ0n) is 9.86. The molecule has 0 aliphatic carbocycles. The zero-order valence-corrected chi connectivity index (χ0v) is 9.86. The normalized spacial score (nSPS) is 18.1. The quantitative estimate of drug-likeness (QED) is 0.812. The first-order valence-corrected chi connectivity index (χ1v) is 5.79. The molecule has 0 bridgehead atoms. The highest BCUT2D eigenvalue weighted by Gasteiger charge is 2.23. The lowest BCUT2D eigenvalue weighted by Gasteiger charge is -2.33. The van der Waals surface area contributed by atoms with Crippen molar-refractivity contribution in [3.63, 3.8) is 0 Å². The van der Waals surface area contributed by atoms with Crippen LogP contribution in [0.25, 0.3) is 0 Å². The molecule has 2 rings (SSSR count). The van der Waals surface area contributed by atoms with E-state index in [2.05, 4.69) is 43.4 Å². The van der Waals surface area contributed by atoms with E-state index in [1.807, 2.05) is 4.90 Å². The second-order valence-corrected chi connectivity index (χ2v) is 4.37. The van der Waals surface area contributed by atoms with Crippen LogP contribution >= 0.6 is 0 Å². The standard InChI is InChI=1S/C13H18N2O/c1-10-4-6-12(7-5-10)11(2)15-9-3-8-14-13(15)16/h4-7,11H,3,8-9H2,1-2H3,(H,14,16). The van der Waals surface area contributed by atoms with Crippen molar-refractivity contribution in [3.05, 3.63) is 35.4 Å². The molecule has 1 aliphatic rings. The van der Waals surface area contributed by atoms with Gasteiger partial charge in [-0.15, -0.1) is 0 Å². The fraction of sp³-hybridized carbons (Fsp3) is 0.462. The maximum absolute atomic E-state index is 11.7. The van der Waals surface area contributed by atoms with Crippen LogP contribution < -0.4 is 5.32 Å². The van der Waals surface area contributed by atoms with Crippen molar-refractivity contribution in [3.8, 4) is 0 Å². The second-order valence-electron chi connectivity index (χ2n) is 4.37. The molecule has 2 amide bonds. The summed E-state index contributed by atoms with van der Waals surface area (Å²) in [6.45, 7) is 5.80. The summed E-state index contributed by atoms with van der Waals surface area (Å²) < 4.78 is 0. The molecule has 1 N–H and O–H groups in total. The highest BCUT2D eigenvalue weighted by molar-refractivity contribution is 5.75. The Morgan fingerprint density at radius 3 is 2.62 bits per heavy atom. The first-order chi connectivity index (χ1) is 7.68. The minimum atomic E-state index is 0.0549. The molecule has 1 aromatic carbocycles. The van der Waals surface area contributed by atoms with Gasteiger partial charge < -0.3 is 10.2 Å². The van der Waals surface area contributed by atoms with Gasteiger partial charge in [-0.1, -0.05) is 29.8 Å². The summed E-state index contributed by atoms with van der Waals surface area (Å²) in [4.78, 5) is 13.6.